The summed E-state index contributed by atoms with van der Waals surface area (Å²) in [7, 11) is 0. The number of hydrogen-bond donors (Lipinski definition) is 4. The third-order valence-corrected chi connectivity index (χ3v) is 9.10. The smallest absolute Gasteiger partial charge is 0.254 e. The van der Waals surface area contributed by atoms with Crippen LogP contribution in [0.5, 0.6) is 0 Å². The van der Waals surface area contributed by atoms with Crippen LogP contribution < -0.4 is 16.4 Å². The first kappa shape index (κ1) is 32.0. The lowest BCUT2D eigenvalue weighted by atomic mass is 9.81. The highest BCUT2D eigenvalue weighted by Crippen LogP contribution is 2.29. The Balaban J connectivity index is 1.18. The second-order valence-corrected chi connectivity index (χ2v) is 12.2. The van der Waals surface area contributed by atoms with E-state index in [9.17, 15) is 14.4 Å². The van der Waals surface area contributed by atoms with E-state index in [1.54, 1.807) is 24.3 Å². The summed E-state index contributed by atoms with van der Waals surface area (Å²) in [5.74, 6) is 0.311. The normalized spacial score (nSPS) is 18.7. The number of aromatic amines is 1. The maximum Gasteiger partial charge on any atom is 0.254 e. The van der Waals surface area contributed by atoms with Gasteiger partial charge < -0.3 is 26.0 Å². The summed E-state index contributed by atoms with van der Waals surface area (Å²) < 4.78 is 5.42. The van der Waals surface area contributed by atoms with E-state index in [0.717, 1.165) is 47.9 Å². The van der Waals surface area contributed by atoms with E-state index in [2.05, 4.69) is 31.3 Å². The molecule has 4 aromatic rings. The Morgan fingerprint density at radius 3 is 2.30 bits per heavy atom. The van der Waals surface area contributed by atoms with Gasteiger partial charge in [0.2, 0.25) is 17.6 Å². The molecule has 2 fully saturated rings. The van der Waals surface area contributed by atoms with Crippen LogP contribution >= 0.6 is 0 Å². The molecular formula is C35H40N8O4. The van der Waals surface area contributed by atoms with Crippen molar-refractivity contribution < 1.29 is 19.1 Å². The van der Waals surface area contributed by atoms with Gasteiger partial charge in [0.15, 0.2) is 0 Å². The van der Waals surface area contributed by atoms with E-state index < -0.39 is 6.04 Å². The molecular weight excluding hydrogens is 596 g/mol. The third kappa shape index (κ3) is 7.90. The zero-order valence-corrected chi connectivity index (χ0v) is 26.2. The molecule has 244 valence electrons. The van der Waals surface area contributed by atoms with Gasteiger partial charge in [0.1, 0.15) is 6.04 Å². The van der Waals surface area contributed by atoms with Crippen LogP contribution in [0.2, 0.25) is 0 Å². The average molecular weight is 637 g/mol. The number of carbonyl (C=O) groups excluding carboxylic acids is 3. The fourth-order valence-corrected chi connectivity index (χ4v) is 6.29. The monoisotopic (exact) mass is 636 g/mol. The van der Waals surface area contributed by atoms with Gasteiger partial charge in [-0.3, -0.25) is 14.4 Å². The number of anilines is 1. The topological polar surface area (TPSA) is 168 Å². The number of H-pyrrole nitrogens is 1. The van der Waals surface area contributed by atoms with Crippen LogP contribution in [-0.2, 0) is 20.7 Å². The molecule has 47 heavy (non-hydrogen) atoms. The second-order valence-electron chi connectivity index (χ2n) is 12.2. The van der Waals surface area contributed by atoms with E-state index in [-0.39, 0.29) is 23.6 Å². The molecule has 1 saturated heterocycles. The van der Waals surface area contributed by atoms with Crippen molar-refractivity contribution in [3.63, 3.8) is 0 Å². The summed E-state index contributed by atoms with van der Waals surface area (Å²) in [6.07, 6.45) is 3.64. The summed E-state index contributed by atoms with van der Waals surface area (Å²) in [5, 5.41) is 20.0. The van der Waals surface area contributed by atoms with E-state index in [1.165, 1.54) is 0 Å². The standard InChI is InChI=1S/C35H40N8O4/c36-22-24-7-11-27(12-8-24)33(44)38-31(34(45)37-28-15-13-26(14-16-28)32-39-41-42-40-32)21-23-5-9-25(10-6-23)29-3-1-2-4-30(29)35(46)43-17-19-47-20-18-43/h1-6,9-10,13-16,24,27,31H,7-8,11-12,17-22,36H2,(H,37,45)(H,38,44)(H,39,40,41,42). The average Bonchev–Trinajstić information content (AvgIpc) is 3.67. The van der Waals surface area contributed by atoms with Gasteiger partial charge >= 0.3 is 0 Å². The molecule has 6 rings (SSSR count). The predicted octanol–water partition coefficient (Wildman–Crippen LogP) is 3.44. The van der Waals surface area contributed by atoms with Crippen molar-refractivity contribution in [1.29, 1.82) is 0 Å². The zero-order chi connectivity index (χ0) is 32.6. The highest BCUT2D eigenvalue weighted by Gasteiger charge is 2.29. The van der Waals surface area contributed by atoms with Crippen molar-refractivity contribution in [1.82, 2.24) is 30.8 Å². The predicted molar refractivity (Wildman–Crippen MR) is 177 cm³/mol. The van der Waals surface area contributed by atoms with Crippen LogP contribution in [0, 0.1) is 11.8 Å². The fourth-order valence-electron chi connectivity index (χ4n) is 6.29. The molecule has 1 aromatic heterocycles. The lowest BCUT2D eigenvalue weighted by Gasteiger charge is -2.28. The van der Waals surface area contributed by atoms with E-state index in [1.807, 2.05) is 53.4 Å². The highest BCUT2D eigenvalue weighted by molar-refractivity contribution is 6.01. The van der Waals surface area contributed by atoms with Gasteiger partial charge in [-0.25, -0.2) is 0 Å². The molecule has 1 aliphatic heterocycles. The van der Waals surface area contributed by atoms with Crippen LogP contribution in [0.15, 0.2) is 72.8 Å². The molecule has 0 radical (unpaired) electrons. The van der Waals surface area contributed by atoms with Crippen molar-refractivity contribution in [2.24, 2.45) is 17.6 Å². The van der Waals surface area contributed by atoms with Gasteiger partial charge in [0.05, 0.1) is 13.2 Å². The molecule has 5 N–H and O–H groups in total. The highest BCUT2D eigenvalue weighted by atomic mass is 16.5. The molecule has 12 heteroatoms. The minimum atomic E-state index is -0.798. The van der Waals surface area contributed by atoms with Crippen molar-refractivity contribution >= 4 is 23.4 Å². The van der Waals surface area contributed by atoms with Gasteiger partial charge in [-0.2, -0.15) is 5.21 Å². The number of amides is 3. The minimum absolute atomic E-state index is 0.0155. The van der Waals surface area contributed by atoms with Gasteiger partial charge in [0, 0.05) is 42.2 Å². The number of hydrogen-bond acceptors (Lipinski definition) is 8. The largest absolute Gasteiger partial charge is 0.378 e. The molecule has 2 aliphatic rings. The Labute approximate surface area is 273 Å². The number of benzene rings is 3. The number of nitrogens with two attached hydrogens (primary N) is 1. The summed E-state index contributed by atoms with van der Waals surface area (Å²) in [6.45, 7) is 2.84. The third-order valence-electron chi connectivity index (χ3n) is 9.10. The molecule has 3 amide bonds. The lowest BCUT2D eigenvalue weighted by molar-refractivity contribution is -0.130. The van der Waals surface area contributed by atoms with Crippen LogP contribution in [0.25, 0.3) is 22.5 Å². The number of rotatable bonds is 10. The molecule has 1 unspecified atom stereocenters. The first-order valence-corrected chi connectivity index (χ1v) is 16.2. The Hall–Kier alpha value is -4.94. The maximum absolute atomic E-state index is 13.7. The number of nitrogens with zero attached hydrogens (tertiary/aromatic N) is 4. The molecule has 1 aliphatic carbocycles. The summed E-state index contributed by atoms with van der Waals surface area (Å²) in [4.78, 5) is 42.3. The molecule has 12 nitrogen and oxygen atoms in total. The fraction of sp³-hybridized carbons (Fsp3) is 0.371. The Morgan fingerprint density at radius 2 is 1.62 bits per heavy atom. The van der Waals surface area contributed by atoms with Crippen LogP contribution in [0.1, 0.15) is 41.6 Å². The maximum atomic E-state index is 13.7. The number of aromatic nitrogens is 4. The van der Waals surface area contributed by atoms with Gasteiger partial charge in [-0.15, -0.1) is 10.2 Å². The van der Waals surface area contributed by atoms with E-state index in [0.29, 0.717) is 62.3 Å². The summed E-state index contributed by atoms with van der Waals surface area (Å²) in [6, 6.07) is 21.7. The number of nitrogens with one attached hydrogen (secondary N) is 3. The molecule has 2 heterocycles. The van der Waals surface area contributed by atoms with E-state index >= 15 is 0 Å². The summed E-state index contributed by atoms with van der Waals surface area (Å²) >= 11 is 0. The Kier molecular flexibility index (Phi) is 10.3. The van der Waals surface area contributed by atoms with Crippen molar-refractivity contribution in [3.05, 3.63) is 83.9 Å². The van der Waals surface area contributed by atoms with Gasteiger partial charge in [-0.1, -0.05) is 42.5 Å². The van der Waals surface area contributed by atoms with Gasteiger partial charge in [0.25, 0.3) is 5.91 Å². The SMILES string of the molecule is NCC1CCC(C(=O)NC(Cc2ccc(-c3ccccc3C(=O)N3CCOCC3)cc2)C(=O)Nc2ccc(-c3nn[nH]n3)cc2)CC1. The van der Waals surface area contributed by atoms with Gasteiger partial charge in [-0.05, 0) is 90.4 Å². The molecule has 0 spiro atoms. The molecule has 1 saturated carbocycles. The zero-order valence-electron chi connectivity index (χ0n) is 26.2. The second kappa shape index (κ2) is 15.1. The number of morpholine rings is 1. The molecule has 3 aromatic carbocycles. The first-order valence-electron chi connectivity index (χ1n) is 16.2. The van der Waals surface area contributed by atoms with Crippen molar-refractivity contribution in [3.8, 4) is 22.5 Å². The van der Waals surface area contributed by atoms with Crippen LogP contribution in [0.3, 0.4) is 0 Å². The number of carbonyl (C=O) groups is 3. The number of tetrazole rings is 1. The van der Waals surface area contributed by atoms with Crippen molar-refractivity contribution in [2.45, 2.75) is 38.1 Å². The van der Waals surface area contributed by atoms with Crippen LogP contribution in [0.4, 0.5) is 5.69 Å². The number of ether oxygens (including phenoxy) is 1. The van der Waals surface area contributed by atoms with Crippen molar-refractivity contribution in [2.75, 3.05) is 38.2 Å². The first-order chi connectivity index (χ1) is 23.0. The van der Waals surface area contributed by atoms with E-state index in [4.69, 9.17) is 10.5 Å². The van der Waals surface area contributed by atoms with Crippen LogP contribution in [-0.4, -0.2) is 82.1 Å². The lowest BCUT2D eigenvalue weighted by Crippen LogP contribution is -2.48. The Morgan fingerprint density at radius 1 is 0.915 bits per heavy atom. The quantitative estimate of drug-likeness (QED) is 0.205. The molecule has 0 bridgehead atoms. The molecule has 1 atom stereocenters. The minimum Gasteiger partial charge on any atom is -0.378 e. The Bertz CT molecular complexity index is 1650. The summed E-state index contributed by atoms with van der Waals surface area (Å²) in [5.41, 5.74) is 10.5.